The molecule has 1 aromatic carbocycles. The highest BCUT2D eigenvalue weighted by atomic mass is 16.3. The third-order valence-corrected chi connectivity index (χ3v) is 2.76. The van der Waals surface area contributed by atoms with Crippen molar-refractivity contribution in [3.05, 3.63) is 24.0 Å². The molecule has 14 heavy (non-hydrogen) atoms. The number of phenols is 1. The van der Waals surface area contributed by atoms with E-state index in [-0.39, 0.29) is 11.8 Å². The Hall–Kier alpha value is -1.55. The molecule has 3 N–H and O–H groups in total. The van der Waals surface area contributed by atoms with Crippen molar-refractivity contribution in [2.75, 3.05) is 0 Å². The Morgan fingerprint density at radius 1 is 1.50 bits per heavy atom. The molecule has 0 radical (unpaired) electrons. The van der Waals surface area contributed by atoms with Crippen molar-refractivity contribution in [3.63, 3.8) is 0 Å². The van der Waals surface area contributed by atoms with Gasteiger partial charge in [0.15, 0.2) is 0 Å². The maximum atomic E-state index is 9.37. The Labute approximate surface area is 81.0 Å². The molecule has 0 saturated carbocycles. The van der Waals surface area contributed by atoms with Gasteiger partial charge in [-0.1, -0.05) is 0 Å². The molecule has 2 heterocycles. The fraction of sp³-hybridized carbons (Fsp3) is 0.300. The second-order valence-corrected chi connectivity index (χ2v) is 3.69. The van der Waals surface area contributed by atoms with Crippen LogP contribution < -0.4 is 5.73 Å². The van der Waals surface area contributed by atoms with Gasteiger partial charge in [0.25, 0.3) is 0 Å². The van der Waals surface area contributed by atoms with E-state index in [0.717, 1.165) is 29.8 Å². The van der Waals surface area contributed by atoms with Gasteiger partial charge in [-0.25, -0.2) is 4.98 Å². The van der Waals surface area contributed by atoms with Gasteiger partial charge in [-0.2, -0.15) is 0 Å². The fourth-order valence-corrected chi connectivity index (χ4v) is 2.05. The lowest BCUT2D eigenvalue weighted by atomic mass is 10.2. The second-order valence-electron chi connectivity index (χ2n) is 3.69. The summed E-state index contributed by atoms with van der Waals surface area (Å²) in [5, 5.41) is 9.37. The number of nitrogens with two attached hydrogens (primary N) is 1. The molecule has 0 fully saturated rings. The summed E-state index contributed by atoms with van der Waals surface area (Å²) in [4.78, 5) is 4.44. The summed E-state index contributed by atoms with van der Waals surface area (Å²) in [6, 6.07) is 5.26. The molecule has 4 heteroatoms. The van der Waals surface area contributed by atoms with E-state index >= 15 is 0 Å². The Balaban J connectivity index is 2.36. The van der Waals surface area contributed by atoms with E-state index in [1.165, 1.54) is 0 Å². The number of aromatic hydroxyl groups is 1. The SMILES string of the molecule is NC1CCn2c1nc1ccc(O)cc12. The van der Waals surface area contributed by atoms with Crippen LogP contribution in [0.3, 0.4) is 0 Å². The lowest BCUT2D eigenvalue weighted by Gasteiger charge is -1.97. The van der Waals surface area contributed by atoms with Gasteiger partial charge in [0.05, 0.1) is 17.1 Å². The molecule has 0 spiro atoms. The van der Waals surface area contributed by atoms with E-state index in [1.807, 2.05) is 6.07 Å². The molecule has 1 unspecified atom stereocenters. The molecule has 1 aromatic heterocycles. The first kappa shape index (κ1) is 7.82. The minimum atomic E-state index is 0.0459. The average Bonchev–Trinajstić information content (AvgIpc) is 2.67. The highest BCUT2D eigenvalue weighted by molar-refractivity contribution is 5.78. The third kappa shape index (κ3) is 0.886. The number of imidazole rings is 1. The Morgan fingerprint density at radius 3 is 3.21 bits per heavy atom. The van der Waals surface area contributed by atoms with Crippen molar-refractivity contribution in [2.24, 2.45) is 5.73 Å². The van der Waals surface area contributed by atoms with Crippen molar-refractivity contribution in [3.8, 4) is 5.75 Å². The molecule has 72 valence electrons. The molecular weight excluding hydrogens is 178 g/mol. The van der Waals surface area contributed by atoms with Gasteiger partial charge in [0.2, 0.25) is 0 Å². The maximum absolute atomic E-state index is 9.37. The van der Waals surface area contributed by atoms with Crippen LogP contribution in [0.4, 0.5) is 0 Å². The van der Waals surface area contributed by atoms with E-state index in [9.17, 15) is 5.11 Å². The van der Waals surface area contributed by atoms with E-state index in [1.54, 1.807) is 12.1 Å². The largest absolute Gasteiger partial charge is 0.508 e. The van der Waals surface area contributed by atoms with Crippen LogP contribution in [-0.2, 0) is 6.54 Å². The van der Waals surface area contributed by atoms with Crippen molar-refractivity contribution >= 4 is 11.0 Å². The molecule has 0 aliphatic carbocycles. The molecule has 2 aromatic rings. The zero-order valence-corrected chi connectivity index (χ0v) is 7.64. The van der Waals surface area contributed by atoms with Crippen LogP contribution in [0.5, 0.6) is 5.75 Å². The number of phenolic OH excluding ortho intramolecular Hbond substituents is 1. The minimum Gasteiger partial charge on any atom is -0.508 e. The first-order valence-electron chi connectivity index (χ1n) is 4.70. The number of benzene rings is 1. The van der Waals surface area contributed by atoms with Crippen LogP contribution in [0.25, 0.3) is 11.0 Å². The molecule has 0 bridgehead atoms. The molecule has 1 aliphatic rings. The molecule has 1 aliphatic heterocycles. The number of hydrogen-bond acceptors (Lipinski definition) is 3. The van der Waals surface area contributed by atoms with Gasteiger partial charge in [-0.3, -0.25) is 0 Å². The number of rotatable bonds is 0. The Kier molecular flexibility index (Phi) is 1.39. The van der Waals surface area contributed by atoms with E-state index in [2.05, 4.69) is 9.55 Å². The van der Waals surface area contributed by atoms with Crippen LogP contribution >= 0.6 is 0 Å². The zero-order valence-electron chi connectivity index (χ0n) is 7.64. The van der Waals surface area contributed by atoms with Crippen molar-refractivity contribution in [2.45, 2.75) is 19.0 Å². The summed E-state index contributed by atoms with van der Waals surface area (Å²) in [6.07, 6.45) is 0.938. The number of nitrogens with zero attached hydrogens (tertiary/aromatic N) is 2. The lowest BCUT2D eigenvalue weighted by Crippen LogP contribution is -2.06. The van der Waals surface area contributed by atoms with Gasteiger partial charge >= 0.3 is 0 Å². The molecule has 3 rings (SSSR count). The van der Waals surface area contributed by atoms with Crippen molar-refractivity contribution < 1.29 is 5.11 Å². The van der Waals surface area contributed by atoms with Gasteiger partial charge < -0.3 is 15.4 Å². The first-order valence-corrected chi connectivity index (χ1v) is 4.70. The highest BCUT2D eigenvalue weighted by Gasteiger charge is 2.23. The fourth-order valence-electron chi connectivity index (χ4n) is 2.05. The van der Waals surface area contributed by atoms with Gasteiger partial charge in [0.1, 0.15) is 11.6 Å². The van der Waals surface area contributed by atoms with Gasteiger partial charge in [-0.15, -0.1) is 0 Å². The predicted molar refractivity (Wildman–Crippen MR) is 52.9 cm³/mol. The first-order chi connectivity index (χ1) is 6.75. The molecule has 4 nitrogen and oxygen atoms in total. The summed E-state index contributed by atoms with van der Waals surface area (Å²) < 4.78 is 2.08. The maximum Gasteiger partial charge on any atom is 0.126 e. The zero-order chi connectivity index (χ0) is 9.71. The topological polar surface area (TPSA) is 64.1 Å². The van der Waals surface area contributed by atoms with E-state index in [4.69, 9.17) is 5.73 Å². The van der Waals surface area contributed by atoms with E-state index < -0.39 is 0 Å². The molecular formula is C10H11N3O. The van der Waals surface area contributed by atoms with Crippen molar-refractivity contribution in [1.82, 2.24) is 9.55 Å². The van der Waals surface area contributed by atoms with Crippen LogP contribution in [0.2, 0.25) is 0 Å². The quantitative estimate of drug-likeness (QED) is 0.653. The lowest BCUT2D eigenvalue weighted by molar-refractivity contribution is 0.476. The molecule has 0 saturated heterocycles. The van der Waals surface area contributed by atoms with Crippen molar-refractivity contribution in [1.29, 1.82) is 0 Å². The van der Waals surface area contributed by atoms with Crippen LogP contribution in [0, 0.1) is 0 Å². The highest BCUT2D eigenvalue weighted by Crippen LogP contribution is 2.29. The van der Waals surface area contributed by atoms with Gasteiger partial charge in [0, 0.05) is 12.6 Å². The number of aromatic nitrogens is 2. The minimum absolute atomic E-state index is 0.0459. The average molecular weight is 189 g/mol. The number of aryl methyl sites for hydroxylation is 1. The van der Waals surface area contributed by atoms with E-state index in [0.29, 0.717) is 0 Å². The van der Waals surface area contributed by atoms with Gasteiger partial charge in [-0.05, 0) is 18.6 Å². The monoisotopic (exact) mass is 189 g/mol. The standard InChI is InChI=1S/C10H11N3O/c11-7-3-4-13-9-5-6(14)1-2-8(9)12-10(7)13/h1-2,5,7,14H,3-4,11H2. The molecule has 1 atom stereocenters. The number of fused-ring (bicyclic) bond motifs is 3. The Morgan fingerprint density at radius 2 is 2.36 bits per heavy atom. The summed E-state index contributed by atoms with van der Waals surface area (Å²) in [5.74, 6) is 1.21. The predicted octanol–water partition coefficient (Wildman–Crippen LogP) is 1.15. The van der Waals surface area contributed by atoms with Crippen LogP contribution in [0.1, 0.15) is 18.3 Å². The summed E-state index contributed by atoms with van der Waals surface area (Å²) in [7, 11) is 0. The number of hydrogen-bond donors (Lipinski definition) is 2. The molecule has 0 amide bonds. The van der Waals surface area contributed by atoms with Crippen LogP contribution in [0.15, 0.2) is 18.2 Å². The normalized spacial score (nSPS) is 20.2. The Bertz CT molecular complexity index is 503. The van der Waals surface area contributed by atoms with Crippen LogP contribution in [-0.4, -0.2) is 14.7 Å². The second kappa shape index (κ2) is 2.48. The summed E-state index contributed by atoms with van der Waals surface area (Å²) in [6.45, 7) is 0.899. The summed E-state index contributed by atoms with van der Waals surface area (Å²) >= 11 is 0. The smallest absolute Gasteiger partial charge is 0.126 e. The third-order valence-electron chi connectivity index (χ3n) is 2.76. The summed E-state index contributed by atoms with van der Waals surface area (Å²) in [5.41, 5.74) is 7.79.